The summed E-state index contributed by atoms with van der Waals surface area (Å²) in [5.74, 6) is -0.203. The van der Waals surface area contributed by atoms with Crippen molar-refractivity contribution >= 4 is 12.1 Å². The molecular formula is C18H34N2O4. The lowest BCUT2D eigenvalue weighted by atomic mass is 10.1. The van der Waals surface area contributed by atoms with Gasteiger partial charge in [0.15, 0.2) is 0 Å². The quantitative estimate of drug-likeness (QED) is 0.542. The summed E-state index contributed by atoms with van der Waals surface area (Å²) in [6.45, 7) is 11.7. The average Bonchev–Trinajstić information content (AvgIpc) is 2.86. The normalized spacial score (nSPS) is 21.5. The third-order valence-electron chi connectivity index (χ3n) is 3.89. The Morgan fingerprint density at radius 3 is 2.46 bits per heavy atom. The fraction of sp³-hybridized carbons (Fsp3) is 0.889. The lowest BCUT2D eigenvalue weighted by molar-refractivity contribution is -0.160. The van der Waals surface area contributed by atoms with E-state index in [1.165, 1.54) is 0 Å². The second-order valence-corrected chi connectivity index (χ2v) is 7.46. The van der Waals surface area contributed by atoms with E-state index < -0.39 is 11.7 Å². The largest absolute Gasteiger partial charge is 0.459 e. The van der Waals surface area contributed by atoms with Crippen molar-refractivity contribution in [1.82, 2.24) is 10.2 Å². The minimum atomic E-state index is -0.502. The first-order valence-corrected chi connectivity index (χ1v) is 9.17. The predicted octanol–water partition coefficient (Wildman–Crippen LogP) is 3.10. The SMILES string of the molecule is CCCCCN1CC(NC(=O)OCCC)CC1C(=O)OC(C)(C)C. The first-order chi connectivity index (χ1) is 11.3. The number of unbranched alkanes of at least 4 members (excludes halogenated alkanes) is 2. The predicted molar refractivity (Wildman–Crippen MR) is 93.9 cm³/mol. The Hall–Kier alpha value is -1.30. The van der Waals surface area contributed by atoms with Crippen LogP contribution in [-0.2, 0) is 14.3 Å². The summed E-state index contributed by atoms with van der Waals surface area (Å²) in [4.78, 5) is 26.4. The van der Waals surface area contributed by atoms with E-state index in [0.717, 1.165) is 32.2 Å². The van der Waals surface area contributed by atoms with Gasteiger partial charge in [0.2, 0.25) is 0 Å². The third-order valence-corrected chi connectivity index (χ3v) is 3.89. The molecule has 1 heterocycles. The second-order valence-electron chi connectivity index (χ2n) is 7.46. The van der Waals surface area contributed by atoms with Gasteiger partial charge in [0.05, 0.1) is 6.61 Å². The van der Waals surface area contributed by atoms with Gasteiger partial charge in [-0.1, -0.05) is 26.7 Å². The van der Waals surface area contributed by atoms with Gasteiger partial charge in [-0.05, 0) is 46.6 Å². The number of ether oxygens (including phenoxy) is 2. The second kappa shape index (κ2) is 9.87. The Labute approximate surface area is 146 Å². The van der Waals surface area contributed by atoms with E-state index in [4.69, 9.17) is 9.47 Å². The first kappa shape index (κ1) is 20.7. The molecule has 2 atom stereocenters. The molecule has 0 aromatic heterocycles. The van der Waals surface area contributed by atoms with Crippen LogP contribution in [0.4, 0.5) is 4.79 Å². The number of likely N-dealkylation sites (tertiary alicyclic amines) is 1. The maximum absolute atomic E-state index is 12.5. The van der Waals surface area contributed by atoms with Crippen molar-refractivity contribution in [3.05, 3.63) is 0 Å². The van der Waals surface area contributed by atoms with Crippen molar-refractivity contribution < 1.29 is 19.1 Å². The number of nitrogens with zero attached hydrogens (tertiary/aromatic N) is 1. The molecule has 0 radical (unpaired) electrons. The zero-order valence-corrected chi connectivity index (χ0v) is 15.9. The Balaban J connectivity index is 2.63. The van der Waals surface area contributed by atoms with Crippen molar-refractivity contribution in [2.45, 2.75) is 84.4 Å². The van der Waals surface area contributed by atoms with Gasteiger partial charge in [-0.3, -0.25) is 9.69 Å². The Morgan fingerprint density at radius 2 is 1.88 bits per heavy atom. The summed E-state index contributed by atoms with van der Waals surface area (Å²) in [6.07, 6.45) is 4.27. The topological polar surface area (TPSA) is 67.9 Å². The molecule has 0 saturated carbocycles. The lowest BCUT2D eigenvalue weighted by Crippen LogP contribution is -2.41. The van der Waals surface area contributed by atoms with E-state index in [9.17, 15) is 9.59 Å². The summed E-state index contributed by atoms with van der Waals surface area (Å²) in [7, 11) is 0. The summed E-state index contributed by atoms with van der Waals surface area (Å²) in [5.41, 5.74) is -0.502. The summed E-state index contributed by atoms with van der Waals surface area (Å²) in [5, 5.41) is 2.87. The van der Waals surface area contributed by atoms with Crippen molar-refractivity contribution in [1.29, 1.82) is 0 Å². The molecule has 1 saturated heterocycles. The molecule has 1 aliphatic rings. The summed E-state index contributed by atoms with van der Waals surface area (Å²) in [6, 6.07) is -0.369. The zero-order valence-electron chi connectivity index (χ0n) is 15.9. The van der Waals surface area contributed by atoms with E-state index in [1.807, 2.05) is 27.7 Å². The number of amides is 1. The van der Waals surface area contributed by atoms with Gasteiger partial charge in [-0.2, -0.15) is 0 Å². The molecular weight excluding hydrogens is 308 g/mol. The van der Waals surface area contributed by atoms with Crippen molar-refractivity contribution in [2.75, 3.05) is 19.7 Å². The summed E-state index contributed by atoms with van der Waals surface area (Å²) < 4.78 is 10.6. The van der Waals surface area contributed by atoms with Crippen LogP contribution in [0.2, 0.25) is 0 Å². The highest BCUT2D eigenvalue weighted by molar-refractivity contribution is 5.77. The van der Waals surface area contributed by atoms with Crippen LogP contribution < -0.4 is 5.32 Å². The molecule has 1 N–H and O–H groups in total. The number of alkyl carbamates (subject to hydrolysis) is 1. The number of nitrogens with one attached hydrogen (secondary N) is 1. The van der Waals surface area contributed by atoms with Gasteiger partial charge in [-0.25, -0.2) is 4.79 Å². The highest BCUT2D eigenvalue weighted by atomic mass is 16.6. The number of hydrogen-bond acceptors (Lipinski definition) is 5. The Kier molecular flexibility index (Phi) is 8.53. The molecule has 1 amide bonds. The lowest BCUT2D eigenvalue weighted by Gasteiger charge is -2.27. The van der Waals surface area contributed by atoms with Crippen LogP contribution in [0.25, 0.3) is 0 Å². The molecule has 0 aromatic carbocycles. The van der Waals surface area contributed by atoms with Crippen LogP contribution in [0.3, 0.4) is 0 Å². The minimum Gasteiger partial charge on any atom is -0.459 e. The van der Waals surface area contributed by atoms with Gasteiger partial charge in [-0.15, -0.1) is 0 Å². The van der Waals surface area contributed by atoms with E-state index in [2.05, 4.69) is 17.1 Å². The van der Waals surface area contributed by atoms with Crippen molar-refractivity contribution in [3.63, 3.8) is 0 Å². The van der Waals surface area contributed by atoms with E-state index in [0.29, 0.717) is 19.6 Å². The highest BCUT2D eigenvalue weighted by Gasteiger charge is 2.39. The van der Waals surface area contributed by atoms with Gasteiger partial charge in [0.25, 0.3) is 0 Å². The van der Waals surface area contributed by atoms with Gasteiger partial charge < -0.3 is 14.8 Å². The van der Waals surface area contributed by atoms with Crippen LogP contribution in [0, 0.1) is 0 Å². The molecule has 0 aliphatic carbocycles. The van der Waals surface area contributed by atoms with Crippen LogP contribution in [0.15, 0.2) is 0 Å². The molecule has 6 nitrogen and oxygen atoms in total. The maximum atomic E-state index is 12.5. The fourth-order valence-electron chi connectivity index (χ4n) is 2.84. The van der Waals surface area contributed by atoms with Gasteiger partial charge in [0.1, 0.15) is 11.6 Å². The fourth-order valence-corrected chi connectivity index (χ4v) is 2.84. The van der Waals surface area contributed by atoms with Crippen molar-refractivity contribution in [3.8, 4) is 0 Å². The van der Waals surface area contributed by atoms with E-state index in [1.54, 1.807) is 0 Å². The van der Waals surface area contributed by atoms with Crippen molar-refractivity contribution in [2.24, 2.45) is 0 Å². The minimum absolute atomic E-state index is 0.0755. The molecule has 0 bridgehead atoms. The number of carbonyl (C=O) groups is 2. The maximum Gasteiger partial charge on any atom is 0.407 e. The molecule has 1 fully saturated rings. The van der Waals surface area contributed by atoms with Crippen LogP contribution in [0.5, 0.6) is 0 Å². The Morgan fingerprint density at radius 1 is 1.17 bits per heavy atom. The smallest absolute Gasteiger partial charge is 0.407 e. The van der Waals surface area contributed by atoms with Crippen LogP contribution in [0.1, 0.15) is 66.7 Å². The highest BCUT2D eigenvalue weighted by Crippen LogP contribution is 2.22. The first-order valence-electron chi connectivity index (χ1n) is 9.17. The molecule has 0 aromatic rings. The number of hydrogen-bond donors (Lipinski definition) is 1. The van der Waals surface area contributed by atoms with Gasteiger partial charge in [0, 0.05) is 12.6 Å². The molecule has 1 rings (SSSR count). The molecule has 24 heavy (non-hydrogen) atoms. The third kappa shape index (κ3) is 7.51. The molecule has 2 unspecified atom stereocenters. The summed E-state index contributed by atoms with van der Waals surface area (Å²) >= 11 is 0. The molecule has 6 heteroatoms. The van der Waals surface area contributed by atoms with Crippen LogP contribution in [-0.4, -0.2) is 54.3 Å². The number of esters is 1. The standard InChI is InChI=1S/C18H34N2O4/c1-6-8-9-10-20-13-14(19-17(22)23-11-7-2)12-15(20)16(21)24-18(3,4)5/h14-15H,6-13H2,1-5H3,(H,19,22). The average molecular weight is 342 g/mol. The van der Waals surface area contributed by atoms with Gasteiger partial charge >= 0.3 is 12.1 Å². The molecule has 140 valence electrons. The number of carbonyl (C=O) groups excluding carboxylic acids is 2. The molecule has 0 spiro atoms. The number of rotatable bonds is 8. The van der Waals surface area contributed by atoms with Crippen LogP contribution >= 0.6 is 0 Å². The van der Waals surface area contributed by atoms with E-state index >= 15 is 0 Å². The molecule has 1 aliphatic heterocycles. The monoisotopic (exact) mass is 342 g/mol. The Bertz CT molecular complexity index is 406. The van der Waals surface area contributed by atoms with E-state index in [-0.39, 0.29) is 18.1 Å². The zero-order chi connectivity index (χ0) is 18.2.